The van der Waals surface area contributed by atoms with Gasteiger partial charge in [-0.1, -0.05) is 30.3 Å². The molecule has 1 amide bonds. The molecule has 1 aliphatic heterocycles. The van der Waals surface area contributed by atoms with Crippen molar-refractivity contribution in [2.75, 3.05) is 12.1 Å². The van der Waals surface area contributed by atoms with Crippen LogP contribution >= 0.6 is 0 Å². The van der Waals surface area contributed by atoms with Gasteiger partial charge < -0.3 is 9.47 Å². The number of rotatable bonds is 3. The summed E-state index contributed by atoms with van der Waals surface area (Å²) in [6, 6.07) is 14.5. The molecule has 1 aliphatic rings. The second-order valence-electron chi connectivity index (χ2n) is 4.90. The summed E-state index contributed by atoms with van der Waals surface area (Å²) < 4.78 is 10.5. The molecule has 0 radical (unpaired) electrons. The summed E-state index contributed by atoms with van der Waals surface area (Å²) >= 11 is 0. The van der Waals surface area contributed by atoms with Crippen LogP contribution in [0, 0.1) is 0 Å². The quantitative estimate of drug-likeness (QED) is 0.776. The highest BCUT2D eigenvalue weighted by Gasteiger charge is 2.17. The summed E-state index contributed by atoms with van der Waals surface area (Å²) in [6.07, 6.45) is 0. The van der Waals surface area contributed by atoms with Crippen molar-refractivity contribution in [1.82, 2.24) is 15.2 Å². The molecule has 2 N–H and O–H groups in total. The Bertz CT molecular complexity index is 861. The number of fused-ring (bicyclic) bond motifs is 1. The first kappa shape index (κ1) is 13.3. The number of aromatic nitrogens is 3. The van der Waals surface area contributed by atoms with Crippen LogP contribution in [0.1, 0.15) is 10.4 Å². The topological polar surface area (TPSA) is 89.1 Å². The first-order valence-corrected chi connectivity index (χ1v) is 6.98. The van der Waals surface area contributed by atoms with Gasteiger partial charge in [0.1, 0.15) is 0 Å². The van der Waals surface area contributed by atoms with Crippen LogP contribution in [0.25, 0.3) is 11.4 Å². The minimum atomic E-state index is -0.318. The molecule has 0 aliphatic carbocycles. The minimum absolute atomic E-state index is 0.168. The van der Waals surface area contributed by atoms with Gasteiger partial charge in [-0.2, -0.15) is 4.98 Å². The molecule has 23 heavy (non-hydrogen) atoms. The summed E-state index contributed by atoms with van der Waals surface area (Å²) in [6.45, 7) is 0.168. The maximum atomic E-state index is 12.3. The Morgan fingerprint density at radius 1 is 1.09 bits per heavy atom. The summed E-state index contributed by atoms with van der Waals surface area (Å²) in [4.78, 5) is 16.5. The van der Waals surface area contributed by atoms with E-state index in [1.165, 1.54) is 0 Å². The summed E-state index contributed by atoms with van der Waals surface area (Å²) in [5.74, 6) is 1.67. The Labute approximate surface area is 131 Å². The number of nitrogens with one attached hydrogen (secondary N) is 2. The molecule has 0 atom stereocenters. The maximum Gasteiger partial charge on any atom is 0.258 e. The third-order valence-electron chi connectivity index (χ3n) is 3.39. The summed E-state index contributed by atoms with van der Waals surface area (Å²) in [5.41, 5.74) is 1.34. The Kier molecular flexibility index (Phi) is 3.16. The molecule has 0 unspecified atom stereocenters. The van der Waals surface area contributed by atoms with E-state index in [9.17, 15) is 4.79 Å². The first-order chi connectivity index (χ1) is 11.3. The molecule has 0 bridgehead atoms. The van der Waals surface area contributed by atoms with Gasteiger partial charge in [0.25, 0.3) is 5.91 Å². The van der Waals surface area contributed by atoms with Crippen LogP contribution in [0.4, 0.5) is 5.95 Å². The third kappa shape index (κ3) is 2.59. The van der Waals surface area contributed by atoms with E-state index in [0.29, 0.717) is 22.9 Å². The molecule has 2 aromatic carbocycles. The van der Waals surface area contributed by atoms with Gasteiger partial charge in [0.05, 0.1) is 0 Å². The lowest BCUT2D eigenvalue weighted by Gasteiger charge is -2.02. The Hall–Kier alpha value is -3.35. The van der Waals surface area contributed by atoms with Crippen LogP contribution in [-0.2, 0) is 0 Å². The lowest BCUT2D eigenvalue weighted by Crippen LogP contribution is -2.12. The number of hydrogen-bond acceptors (Lipinski definition) is 5. The van der Waals surface area contributed by atoms with Crippen molar-refractivity contribution in [2.45, 2.75) is 0 Å². The SMILES string of the molecule is O=C(Nc1n[nH]c(-c2ccccc2)n1)c1ccc2c(c1)OCO2. The second kappa shape index (κ2) is 5.45. The maximum absolute atomic E-state index is 12.3. The van der Waals surface area contributed by atoms with E-state index >= 15 is 0 Å². The highest BCUT2D eigenvalue weighted by molar-refractivity contribution is 6.03. The van der Waals surface area contributed by atoms with Crippen LogP contribution < -0.4 is 14.8 Å². The Morgan fingerprint density at radius 3 is 2.78 bits per heavy atom. The number of hydrogen-bond donors (Lipinski definition) is 2. The monoisotopic (exact) mass is 308 g/mol. The van der Waals surface area contributed by atoms with Crippen molar-refractivity contribution < 1.29 is 14.3 Å². The van der Waals surface area contributed by atoms with Crippen LogP contribution in [-0.4, -0.2) is 27.9 Å². The van der Waals surface area contributed by atoms with Gasteiger partial charge in [-0.3, -0.25) is 15.2 Å². The Morgan fingerprint density at radius 2 is 1.91 bits per heavy atom. The van der Waals surface area contributed by atoms with E-state index in [2.05, 4.69) is 20.5 Å². The number of aromatic amines is 1. The van der Waals surface area contributed by atoms with Gasteiger partial charge in [0.2, 0.25) is 12.7 Å². The van der Waals surface area contributed by atoms with E-state index < -0.39 is 0 Å². The fraction of sp³-hybridized carbons (Fsp3) is 0.0625. The average molecular weight is 308 g/mol. The van der Waals surface area contributed by atoms with Crippen LogP contribution in [0.15, 0.2) is 48.5 Å². The number of nitrogens with zero attached hydrogens (tertiary/aromatic N) is 2. The smallest absolute Gasteiger partial charge is 0.258 e. The molecule has 2 heterocycles. The molecule has 0 saturated heterocycles. The zero-order valence-electron chi connectivity index (χ0n) is 11.9. The molecule has 1 aromatic heterocycles. The fourth-order valence-corrected chi connectivity index (χ4v) is 2.25. The van der Waals surface area contributed by atoms with Crippen molar-refractivity contribution in [3.05, 3.63) is 54.1 Å². The second-order valence-corrected chi connectivity index (χ2v) is 4.90. The number of carbonyl (C=O) groups is 1. The van der Waals surface area contributed by atoms with E-state index in [0.717, 1.165) is 5.56 Å². The van der Waals surface area contributed by atoms with Gasteiger partial charge in [-0.05, 0) is 18.2 Å². The van der Waals surface area contributed by atoms with Gasteiger partial charge in [-0.15, -0.1) is 5.10 Å². The number of ether oxygens (including phenoxy) is 2. The predicted molar refractivity (Wildman–Crippen MR) is 82.3 cm³/mol. The lowest BCUT2D eigenvalue weighted by molar-refractivity contribution is 0.102. The Balaban J connectivity index is 1.52. The van der Waals surface area contributed by atoms with Crippen molar-refractivity contribution in [1.29, 1.82) is 0 Å². The average Bonchev–Trinajstić information content (AvgIpc) is 3.24. The molecule has 4 rings (SSSR count). The van der Waals surface area contributed by atoms with Crippen molar-refractivity contribution in [3.63, 3.8) is 0 Å². The molecule has 114 valence electrons. The highest BCUT2D eigenvalue weighted by atomic mass is 16.7. The molecule has 0 spiro atoms. The van der Waals surface area contributed by atoms with Crippen molar-refractivity contribution in [2.24, 2.45) is 0 Å². The summed E-state index contributed by atoms with van der Waals surface area (Å²) in [5, 5.41) is 9.46. The molecule has 7 nitrogen and oxygen atoms in total. The van der Waals surface area contributed by atoms with Crippen molar-refractivity contribution in [3.8, 4) is 22.9 Å². The predicted octanol–water partition coefficient (Wildman–Crippen LogP) is 2.45. The van der Waals surface area contributed by atoms with Gasteiger partial charge in [0.15, 0.2) is 17.3 Å². The molecule has 0 fully saturated rings. The normalized spacial score (nSPS) is 12.2. The zero-order valence-corrected chi connectivity index (χ0v) is 11.9. The van der Waals surface area contributed by atoms with Crippen LogP contribution in [0.5, 0.6) is 11.5 Å². The van der Waals surface area contributed by atoms with E-state index in [1.807, 2.05) is 30.3 Å². The number of carbonyl (C=O) groups excluding carboxylic acids is 1. The highest BCUT2D eigenvalue weighted by Crippen LogP contribution is 2.32. The van der Waals surface area contributed by atoms with Gasteiger partial charge in [-0.25, -0.2) is 0 Å². The van der Waals surface area contributed by atoms with Gasteiger partial charge in [0, 0.05) is 11.1 Å². The molecule has 0 saturated carbocycles. The van der Waals surface area contributed by atoms with Crippen molar-refractivity contribution >= 4 is 11.9 Å². The van der Waals surface area contributed by atoms with E-state index in [-0.39, 0.29) is 18.6 Å². The molecule has 3 aromatic rings. The van der Waals surface area contributed by atoms with E-state index in [4.69, 9.17) is 9.47 Å². The van der Waals surface area contributed by atoms with Gasteiger partial charge >= 0.3 is 0 Å². The third-order valence-corrected chi connectivity index (χ3v) is 3.39. The largest absolute Gasteiger partial charge is 0.454 e. The first-order valence-electron chi connectivity index (χ1n) is 6.98. The number of H-pyrrole nitrogens is 1. The fourth-order valence-electron chi connectivity index (χ4n) is 2.25. The molecule has 7 heteroatoms. The zero-order chi connectivity index (χ0) is 15.6. The summed E-state index contributed by atoms with van der Waals surface area (Å²) in [7, 11) is 0. The lowest BCUT2D eigenvalue weighted by atomic mass is 10.2. The standard InChI is InChI=1S/C16H12N4O3/c21-15(11-6-7-12-13(8-11)23-9-22-12)18-16-17-14(19-20-16)10-4-2-1-3-5-10/h1-8H,9H2,(H2,17,18,19,20,21). The minimum Gasteiger partial charge on any atom is -0.454 e. The number of anilines is 1. The molecular weight excluding hydrogens is 296 g/mol. The van der Waals surface area contributed by atoms with Crippen LogP contribution in [0.3, 0.4) is 0 Å². The number of benzene rings is 2. The van der Waals surface area contributed by atoms with Crippen LogP contribution in [0.2, 0.25) is 0 Å². The van der Waals surface area contributed by atoms with E-state index in [1.54, 1.807) is 18.2 Å². The number of amides is 1. The molecular formula is C16H12N4O3.